The predicted octanol–water partition coefficient (Wildman–Crippen LogP) is 2.97. The molecule has 1 N–H and O–H groups in total. The fourth-order valence-corrected chi connectivity index (χ4v) is 1.56. The molecule has 15 heavy (non-hydrogen) atoms. The molecular weight excluding hydrogens is 186 g/mol. The molecule has 0 aromatic heterocycles. The third-order valence-electron chi connectivity index (χ3n) is 2.40. The Morgan fingerprint density at radius 1 is 1.47 bits per heavy atom. The fraction of sp³-hybridized carbons (Fsp3) is 0.462. The lowest BCUT2D eigenvalue weighted by molar-refractivity contribution is -0.121. The van der Waals surface area contributed by atoms with Crippen molar-refractivity contribution in [2.45, 2.75) is 39.7 Å². The zero-order chi connectivity index (χ0) is 11.3. The van der Waals surface area contributed by atoms with E-state index in [1.54, 1.807) is 0 Å². The van der Waals surface area contributed by atoms with Gasteiger partial charge in [0.1, 0.15) is 0 Å². The highest BCUT2D eigenvalue weighted by Crippen LogP contribution is 2.13. The summed E-state index contributed by atoms with van der Waals surface area (Å²) in [5, 5.41) is 2.99. The average molecular weight is 205 g/mol. The third kappa shape index (κ3) is 3.74. The number of aryl methyl sites for hydroxylation is 1. The van der Waals surface area contributed by atoms with Gasteiger partial charge in [0.25, 0.3) is 0 Å². The van der Waals surface area contributed by atoms with Crippen LogP contribution >= 0.6 is 0 Å². The van der Waals surface area contributed by atoms with Crippen LogP contribution in [0.25, 0.3) is 0 Å². The second kappa shape index (κ2) is 5.54. The molecule has 1 rings (SSSR count). The van der Waals surface area contributed by atoms with Crippen LogP contribution in [0.5, 0.6) is 0 Å². The minimum atomic E-state index is 0.101. The lowest BCUT2D eigenvalue weighted by Gasteiger charge is -2.14. The van der Waals surface area contributed by atoms with E-state index >= 15 is 0 Å². The molecule has 1 atom stereocenters. The van der Waals surface area contributed by atoms with Crippen LogP contribution in [0.4, 0.5) is 0 Å². The molecule has 2 nitrogen and oxygen atoms in total. The number of benzene rings is 1. The molecule has 0 bridgehead atoms. The first kappa shape index (κ1) is 11.8. The van der Waals surface area contributed by atoms with E-state index in [0.29, 0.717) is 6.42 Å². The Hall–Kier alpha value is -1.31. The average Bonchev–Trinajstić information content (AvgIpc) is 2.18. The quantitative estimate of drug-likeness (QED) is 0.804. The van der Waals surface area contributed by atoms with Crippen molar-refractivity contribution >= 4 is 5.91 Å². The summed E-state index contributed by atoms with van der Waals surface area (Å²) < 4.78 is 0. The molecule has 0 saturated heterocycles. The van der Waals surface area contributed by atoms with Crippen molar-refractivity contribution in [1.82, 2.24) is 5.32 Å². The molecule has 82 valence electrons. The van der Waals surface area contributed by atoms with E-state index in [2.05, 4.69) is 24.4 Å². The van der Waals surface area contributed by atoms with E-state index in [4.69, 9.17) is 0 Å². The lowest BCUT2D eigenvalue weighted by atomic mass is 10.1. The molecule has 0 radical (unpaired) electrons. The molecule has 1 amide bonds. The molecule has 0 spiro atoms. The highest BCUT2D eigenvalue weighted by atomic mass is 16.1. The number of nitrogens with one attached hydrogen (secondary N) is 1. The van der Waals surface area contributed by atoms with E-state index < -0.39 is 0 Å². The maximum absolute atomic E-state index is 11.4. The summed E-state index contributed by atoms with van der Waals surface area (Å²) in [7, 11) is 0. The van der Waals surface area contributed by atoms with Gasteiger partial charge >= 0.3 is 0 Å². The van der Waals surface area contributed by atoms with E-state index in [0.717, 1.165) is 6.42 Å². The summed E-state index contributed by atoms with van der Waals surface area (Å²) in [4.78, 5) is 11.4. The van der Waals surface area contributed by atoms with E-state index in [9.17, 15) is 4.79 Å². The van der Waals surface area contributed by atoms with Crippen molar-refractivity contribution in [1.29, 1.82) is 0 Å². The number of carbonyl (C=O) groups excluding carboxylic acids is 1. The zero-order valence-corrected chi connectivity index (χ0v) is 9.71. The first-order valence-electron chi connectivity index (χ1n) is 5.49. The van der Waals surface area contributed by atoms with Crippen molar-refractivity contribution in [2.24, 2.45) is 0 Å². The molecule has 0 aliphatic carbocycles. The normalized spacial score (nSPS) is 12.2. The second-order valence-electron chi connectivity index (χ2n) is 3.95. The van der Waals surface area contributed by atoms with Crippen molar-refractivity contribution < 1.29 is 4.79 Å². The van der Waals surface area contributed by atoms with Crippen molar-refractivity contribution in [3.63, 3.8) is 0 Å². The second-order valence-corrected chi connectivity index (χ2v) is 3.95. The van der Waals surface area contributed by atoms with Gasteiger partial charge in [-0.05, 0) is 25.8 Å². The minimum Gasteiger partial charge on any atom is -0.350 e. The highest BCUT2D eigenvalue weighted by Gasteiger charge is 2.08. The van der Waals surface area contributed by atoms with Crippen LogP contribution in [0.2, 0.25) is 0 Å². The van der Waals surface area contributed by atoms with Crippen LogP contribution in [-0.2, 0) is 4.79 Å². The fourth-order valence-electron chi connectivity index (χ4n) is 1.56. The van der Waals surface area contributed by atoms with Gasteiger partial charge < -0.3 is 5.32 Å². The van der Waals surface area contributed by atoms with E-state index in [1.165, 1.54) is 11.1 Å². The Morgan fingerprint density at radius 2 is 2.20 bits per heavy atom. The Labute approximate surface area is 91.7 Å². The monoisotopic (exact) mass is 205 g/mol. The van der Waals surface area contributed by atoms with Crippen molar-refractivity contribution in [3.8, 4) is 0 Å². The summed E-state index contributed by atoms with van der Waals surface area (Å²) >= 11 is 0. The van der Waals surface area contributed by atoms with E-state index in [-0.39, 0.29) is 11.9 Å². The molecule has 0 heterocycles. The molecule has 0 saturated carbocycles. The van der Waals surface area contributed by atoms with Crippen LogP contribution < -0.4 is 5.32 Å². The number of rotatable bonds is 4. The molecule has 0 unspecified atom stereocenters. The van der Waals surface area contributed by atoms with Gasteiger partial charge in [-0.15, -0.1) is 0 Å². The van der Waals surface area contributed by atoms with Gasteiger partial charge in [0.05, 0.1) is 6.04 Å². The number of hydrogen-bond donors (Lipinski definition) is 1. The Bertz CT molecular complexity index is 333. The summed E-state index contributed by atoms with van der Waals surface area (Å²) in [6.45, 7) is 6.09. The van der Waals surface area contributed by atoms with Crippen molar-refractivity contribution in [3.05, 3.63) is 35.4 Å². The van der Waals surface area contributed by atoms with Gasteiger partial charge in [0.2, 0.25) is 5.91 Å². The largest absolute Gasteiger partial charge is 0.350 e. The van der Waals surface area contributed by atoms with Gasteiger partial charge in [-0.25, -0.2) is 0 Å². The van der Waals surface area contributed by atoms with Crippen LogP contribution in [-0.4, -0.2) is 5.91 Å². The van der Waals surface area contributed by atoms with Crippen LogP contribution in [0.3, 0.4) is 0 Å². The molecule has 0 fully saturated rings. The van der Waals surface area contributed by atoms with Crippen LogP contribution in [0.15, 0.2) is 24.3 Å². The Morgan fingerprint density at radius 3 is 2.80 bits per heavy atom. The standard InChI is InChI=1S/C13H19NO/c1-4-6-13(15)14-11(3)12-8-5-7-10(2)9-12/h5,7-9,11H,4,6H2,1-3H3,(H,14,15)/t11-/m1/s1. The van der Waals surface area contributed by atoms with Crippen molar-refractivity contribution in [2.75, 3.05) is 0 Å². The van der Waals surface area contributed by atoms with E-state index in [1.807, 2.05) is 26.0 Å². The highest BCUT2D eigenvalue weighted by molar-refractivity contribution is 5.76. The summed E-state index contributed by atoms with van der Waals surface area (Å²) in [6.07, 6.45) is 1.50. The van der Waals surface area contributed by atoms with Gasteiger partial charge in [0, 0.05) is 6.42 Å². The summed E-state index contributed by atoms with van der Waals surface area (Å²) in [5.41, 5.74) is 2.39. The number of hydrogen-bond acceptors (Lipinski definition) is 1. The molecular formula is C13H19NO. The zero-order valence-electron chi connectivity index (χ0n) is 9.71. The topological polar surface area (TPSA) is 29.1 Å². The molecule has 0 aliphatic rings. The van der Waals surface area contributed by atoms with Gasteiger partial charge in [-0.2, -0.15) is 0 Å². The Balaban J connectivity index is 2.60. The maximum Gasteiger partial charge on any atom is 0.220 e. The number of carbonyl (C=O) groups is 1. The third-order valence-corrected chi connectivity index (χ3v) is 2.40. The first-order valence-corrected chi connectivity index (χ1v) is 5.49. The van der Waals surface area contributed by atoms with Crippen LogP contribution in [0, 0.1) is 6.92 Å². The van der Waals surface area contributed by atoms with Crippen LogP contribution in [0.1, 0.15) is 43.9 Å². The maximum atomic E-state index is 11.4. The molecule has 2 heteroatoms. The molecule has 1 aromatic rings. The lowest BCUT2D eigenvalue weighted by Crippen LogP contribution is -2.26. The smallest absolute Gasteiger partial charge is 0.220 e. The summed E-state index contributed by atoms with van der Waals surface area (Å²) in [6, 6.07) is 8.34. The van der Waals surface area contributed by atoms with Gasteiger partial charge in [0.15, 0.2) is 0 Å². The molecule has 1 aromatic carbocycles. The molecule has 0 aliphatic heterocycles. The van der Waals surface area contributed by atoms with Gasteiger partial charge in [-0.1, -0.05) is 36.8 Å². The predicted molar refractivity (Wildman–Crippen MR) is 62.6 cm³/mol. The summed E-state index contributed by atoms with van der Waals surface area (Å²) in [5.74, 6) is 0.131. The number of amides is 1. The Kier molecular flexibility index (Phi) is 4.35. The minimum absolute atomic E-state index is 0.101. The van der Waals surface area contributed by atoms with Gasteiger partial charge in [-0.3, -0.25) is 4.79 Å². The first-order chi connectivity index (χ1) is 7.13. The SMILES string of the molecule is CCCC(=O)N[C@H](C)c1cccc(C)c1.